The first-order valence-corrected chi connectivity index (χ1v) is 6.09. The van der Waals surface area contributed by atoms with Gasteiger partial charge in [0.2, 0.25) is 5.91 Å². The number of aliphatic hydroxyl groups is 3. The lowest BCUT2D eigenvalue weighted by Gasteiger charge is -2.30. The molecule has 1 fully saturated rings. The van der Waals surface area contributed by atoms with Gasteiger partial charge in [0.1, 0.15) is 17.3 Å². The fourth-order valence-electron chi connectivity index (χ4n) is 1.78. The molecular weight excluding hydrogens is 252 g/mol. The summed E-state index contributed by atoms with van der Waals surface area (Å²) < 4.78 is 0. The second kappa shape index (κ2) is 6.14. The summed E-state index contributed by atoms with van der Waals surface area (Å²) in [7, 11) is 0. The highest BCUT2D eigenvalue weighted by molar-refractivity contribution is 6.04. The zero-order chi connectivity index (χ0) is 14.6. The summed E-state index contributed by atoms with van der Waals surface area (Å²) in [5.41, 5.74) is -1.67. The van der Waals surface area contributed by atoms with Crippen molar-refractivity contribution in [3.8, 4) is 0 Å². The molecule has 5 N–H and O–H groups in total. The van der Waals surface area contributed by atoms with Crippen LogP contribution in [0.5, 0.6) is 0 Å². The standard InChI is InChI=1S/C12H20N2O5/c1-7(3-4-15)9-11(18)13-8(10(17)14-9)5-12(2,19)6-16/h5,7,9,15-16,19H,3-4,6H2,1-2H3,(H,13,18)(H,14,17)/b8-5+/t7-,9-,12+/m0/s1. The molecule has 0 aromatic rings. The third-order valence-corrected chi connectivity index (χ3v) is 3.00. The molecule has 3 atom stereocenters. The highest BCUT2D eigenvalue weighted by atomic mass is 16.3. The lowest BCUT2D eigenvalue weighted by molar-refractivity contribution is -0.132. The molecule has 1 saturated heterocycles. The number of carbonyl (C=O) groups is 2. The number of nitrogens with one attached hydrogen (secondary N) is 2. The van der Waals surface area contributed by atoms with Gasteiger partial charge in [-0.1, -0.05) is 6.92 Å². The average Bonchev–Trinajstić information content (AvgIpc) is 2.33. The number of carbonyl (C=O) groups excluding carboxylic acids is 2. The van der Waals surface area contributed by atoms with Gasteiger partial charge >= 0.3 is 0 Å². The highest BCUT2D eigenvalue weighted by Crippen LogP contribution is 2.15. The van der Waals surface area contributed by atoms with E-state index in [0.29, 0.717) is 6.42 Å². The second-order valence-electron chi connectivity index (χ2n) is 5.00. The van der Waals surface area contributed by atoms with E-state index in [2.05, 4.69) is 10.6 Å². The van der Waals surface area contributed by atoms with E-state index in [0.717, 1.165) is 6.08 Å². The topological polar surface area (TPSA) is 119 Å². The molecule has 0 unspecified atom stereocenters. The van der Waals surface area contributed by atoms with Gasteiger partial charge in [0.15, 0.2) is 0 Å². The molecule has 0 saturated carbocycles. The van der Waals surface area contributed by atoms with Crippen LogP contribution in [0, 0.1) is 5.92 Å². The van der Waals surface area contributed by atoms with Crippen LogP contribution in [0.3, 0.4) is 0 Å². The minimum absolute atomic E-state index is 0.0667. The maximum Gasteiger partial charge on any atom is 0.268 e. The zero-order valence-electron chi connectivity index (χ0n) is 11.0. The minimum atomic E-state index is -1.58. The summed E-state index contributed by atoms with van der Waals surface area (Å²) in [6.07, 6.45) is 1.50. The molecule has 0 bridgehead atoms. The molecule has 0 aromatic heterocycles. The van der Waals surface area contributed by atoms with Crippen molar-refractivity contribution in [1.29, 1.82) is 0 Å². The van der Waals surface area contributed by atoms with Crippen molar-refractivity contribution < 1.29 is 24.9 Å². The fourth-order valence-corrected chi connectivity index (χ4v) is 1.78. The van der Waals surface area contributed by atoms with Gasteiger partial charge in [0.25, 0.3) is 5.91 Å². The normalized spacial score (nSPS) is 26.6. The molecule has 7 nitrogen and oxygen atoms in total. The van der Waals surface area contributed by atoms with E-state index in [1.165, 1.54) is 6.92 Å². The summed E-state index contributed by atoms with van der Waals surface area (Å²) >= 11 is 0. The maximum atomic E-state index is 11.8. The maximum absolute atomic E-state index is 11.8. The molecule has 0 radical (unpaired) electrons. The van der Waals surface area contributed by atoms with Gasteiger partial charge in [0, 0.05) is 6.61 Å². The van der Waals surface area contributed by atoms with Crippen molar-refractivity contribution in [2.75, 3.05) is 13.2 Å². The smallest absolute Gasteiger partial charge is 0.268 e. The van der Waals surface area contributed by atoms with E-state index >= 15 is 0 Å². The lowest BCUT2D eigenvalue weighted by atomic mass is 9.95. The summed E-state index contributed by atoms with van der Waals surface area (Å²) in [5.74, 6) is -1.13. The first kappa shape index (κ1) is 15.6. The second-order valence-corrected chi connectivity index (χ2v) is 5.00. The van der Waals surface area contributed by atoms with Gasteiger partial charge in [-0.3, -0.25) is 9.59 Å². The first-order chi connectivity index (χ1) is 8.80. The summed E-state index contributed by atoms with van der Waals surface area (Å²) in [4.78, 5) is 23.7. The quantitative estimate of drug-likeness (QED) is 0.380. The fraction of sp³-hybridized carbons (Fsp3) is 0.667. The summed E-state index contributed by atoms with van der Waals surface area (Å²) in [5, 5.41) is 32.3. The SMILES string of the molecule is C[C@@H](CCO)[C@@H]1NC(=O)/C(=C\[C@@](C)(O)CO)NC1=O. The van der Waals surface area contributed by atoms with E-state index in [1.807, 2.05) is 0 Å². The van der Waals surface area contributed by atoms with Gasteiger partial charge in [0.05, 0.1) is 6.61 Å². The van der Waals surface area contributed by atoms with Crippen LogP contribution < -0.4 is 10.6 Å². The molecule has 0 aromatic carbocycles. The molecule has 1 aliphatic rings. The Balaban J connectivity index is 2.82. The number of piperazine rings is 1. The van der Waals surface area contributed by atoms with Gasteiger partial charge in [-0.05, 0) is 25.3 Å². The van der Waals surface area contributed by atoms with Crippen molar-refractivity contribution in [3.05, 3.63) is 11.8 Å². The average molecular weight is 272 g/mol. The molecule has 1 rings (SSSR count). The van der Waals surface area contributed by atoms with Crippen molar-refractivity contribution in [1.82, 2.24) is 10.6 Å². The molecule has 19 heavy (non-hydrogen) atoms. The van der Waals surface area contributed by atoms with Crippen LogP contribution in [0.15, 0.2) is 11.8 Å². The first-order valence-electron chi connectivity index (χ1n) is 6.09. The van der Waals surface area contributed by atoms with Crippen LogP contribution in [0.25, 0.3) is 0 Å². The van der Waals surface area contributed by atoms with Crippen molar-refractivity contribution >= 4 is 11.8 Å². The van der Waals surface area contributed by atoms with E-state index in [-0.39, 0.29) is 18.2 Å². The van der Waals surface area contributed by atoms with E-state index < -0.39 is 30.1 Å². The summed E-state index contributed by atoms with van der Waals surface area (Å²) in [6.45, 7) is 2.44. The summed E-state index contributed by atoms with van der Waals surface area (Å²) in [6, 6.07) is -0.712. The molecule has 7 heteroatoms. The molecule has 0 aliphatic carbocycles. The van der Waals surface area contributed by atoms with Crippen LogP contribution >= 0.6 is 0 Å². The van der Waals surface area contributed by atoms with Gasteiger partial charge in [-0.2, -0.15) is 0 Å². The van der Waals surface area contributed by atoms with Gasteiger partial charge in [-0.15, -0.1) is 0 Å². The van der Waals surface area contributed by atoms with E-state index in [9.17, 15) is 14.7 Å². The third kappa shape index (κ3) is 4.02. The Morgan fingerprint density at radius 3 is 2.58 bits per heavy atom. The number of rotatable bonds is 5. The predicted molar refractivity (Wildman–Crippen MR) is 66.7 cm³/mol. The highest BCUT2D eigenvalue weighted by Gasteiger charge is 2.34. The van der Waals surface area contributed by atoms with E-state index in [4.69, 9.17) is 10.2 Å². The number of amides is 2. The Hall–Kier alpha value is -1.44. The van der Waals surface area contributed by atoms with Gasteiger partial charge in [-0.25, -0.2) is 0 Å². The number of aliphatic hydroxyl groups excluding tert-OH is 2. The van der Waals surface area contributed by atoms with Crippen LogP contribution in [0.2, 0.25) is 0 Å². The molecule has 0 spiro atoms. The van der Waals surface area contributed by atoms with Crippen LogP contribution in [0.4, 0.5) is 0 Å². The molecule has 1 aliphatic heterocycles. The Kier molecular flexibility index (Phi) is 5.04. The van der Waals surface area contributed by atoms with Crippen LogP contribution in [-0.4, -0.2) is 52.0 Å². The van der Waals surface area contributed by atoms with E-state index in [1.54, 1.807) is 6.92 Å². The van der Waals surface area contributed by atoms with Crippen LogP contribution in [-0.2, 0) is 9.59 Å². The molecule has 2 amide bonds. The number of hydrogen-bond acceptors (Lipinski definition) is 5. The van der Waals surface area contributed by atoms with Crippen molar-refractivity contribution in [2.24, 2.45) is 5.92 Å². The monoisotopic (exact) mass is 272 g/mol. The predicted octanol–water partition coefficient (Wildman–Crippen LogP) is -1.75. The minimum Gasteiger partial charge on any atom is -0.396 e. The largest absolute Gasteiger partial charge is 0.396 e. The lowest BCUT2D eigenvalue weighted by Crippen LogP contribution is -2.57. The Morgan fingerprint density at radius 2 is 2.05 bits per heavy atom. The Bertz CT molecular complexity index is 392. The van der Waals surface area contributed by atoms with Crippen molar-refractivity contribution in [2.45, 2.75) is 31.9 Å². The molecular formula is C12H20N2O5. The zero-order valence-corrected chi connectivity index (χ0v) is 11.0. The van der Waals surface area contributed by atoms with Gasteiger partial charge < -0.3 is 26.0 Å². The Morgan fingerprint density at radius 1 is 1.42 bits per heavy atom. The molecule has 108 valence electrons. The number of hydrogen-bond donors (Lipinski definition) is 5. The Labute approximate surface area is 111 Å². The van der Waals surface area contributed by atoms with Crippen molar-refractivity contribution in [3.63, 3.8) is 0 Å². The van der Waals surface area contributed by atoms with Crippen LogP contribution in [0.1, 0.15) is 20.3 Å². The molecule has 1 heterocycles. The third-order valence-electron chi connectivity index (χ3n) is 3.00.